The first-order valence-electron chi connectivity index (χ1n) is 9.84. The molecule has 3 atom stereocenters. The van der Waals surface area contributed by atoms with Gasteiger partial charge in [-0.1, -0.05) is 55.5 Å². The van der Waals surface area contributed by atoms with Crippen LogP contribution in [0, 0.1) is 5.92 Å². The van der Waals surface area contributed by atoms with E-state index < -0.39 is 35.7 Å². The van der Waals surface area contributed by atoms with Crippen LogP contribution in [-0.2, 0) is 19.1 Å². The normalized spacial score (nSPS) is 14.4. The molecule has 0 fully saturated rings. The summed E-state index contributed by atoms with van der Waals surface area (Å²) in [5, 5.41) is 0. The van der Waals surface area contributed by atoms with Gasteiger partial charge >= 0.3 is 11.9 Å². The van der Waals surface area contributed by atoms with Gasteiger partial charge in [0, 0.05) is 0 Å². The molecule has 5 heteroatoms. The van der Waals surface area contributed by atoms with Gasteiger partial charge in [0.2, 0.25) is 0 Å². The first-order valence-corrected chi connectivity index (χ1v) is 9.84. The van der Waals surface area contributed by atoms with Crippen molar-refractivity contribution in [2.75, 3.05) is 0 Å². The minimum absolute atomic E-state index is 0.0362. The summed E-state index contributed by atoms with van der Waals surface area (Å²) in [5.41, 5.74) is 0.236. The van der Waals surface area contributed by atoms with E-state index in [9.17, 15) is 9.59 Å². The van der Waals surface area contributed by atoms with Crippen LogP contribution in [0.2, 0.25) is 0 Å². The molecule has 0 aromatic heterocycles. The zero-order valence-corrected chi connectivity index (χ0v) is 17.8. The summed E-state index contributed by atoms with van der Waals surface area (Å²) in [6.07, 6.45) is -1.06. The van der Waals surface area contributed by atoms with Crippen molar-refractivity contribution in [3.63, 3.8) is 0 Å². The Kier molecular flexibility index (Phi) is 7.82. The SMILES string of the molecule is C[C@H](CC(=O)OC(C)(C)C)C(=O)O[C@H](c1ccccc1)[C@H](C)Oc1ccccc1. The van der Waals surface area contributed by atoms with Gasteiger partial charge in [-0.05, 0) is 45.4 Å². The summed E-state index contributed by atoms with van der Waals surface area (Å²) in [6, 6.07) is 18.8. The Balaban J connectivity index is 2.09. The molecule has 29 heavy (non-hydrogen) atoms. The lowest BCUT2D eigenvalue weighted by Gasteiger charge is -2.27. The van der Waals surface area contributed by atoms with Crippen molar-refractivity contribution in [1.29, 1.82) is 0 Å². The smallest absolute Gasteiger partial charge is 0.309 e. The topological polar surface area (TPSA) is 61.8 Å². The summed E-state index contributed by atoms with van der Waals surface area (Å²) in [7, 11) is 0. The van der Waals surface area contributed by atoms with E-state index in [0.29, 0.717) is 5.75 Å². The van der Waals surface area contributed by atoms with Crippen LogP contribution in [-0.4, -0.2) is 23.6 Å². The Morgan fingerprint density at radius 2 is 1.45 bits per heavy atom. The van der Waals surface area contributed by atoms with E-state index in [4.69, 9.17) is 14.2 Å². The van der Waals surface area contributed by atoms with Crippen molar-refractivity contribution in [2.45, 2.75) is 58.8 Å². The van der Waals surface area contributed by atoms with Crippen LogP contribution in [0.5, 0.6) is 5.75 Å². The third-order valence-corrected chi connectivity index (χ3v) is 4.16. The number of para-hydroxylation sites is 1. The highest BCUT2D eigenvalue weighted by atomic mass is 16.6. The van der Waals surface area contributed by atoms with Crippen LogP contribution in [0.1, 0.15) is 52.7 Å². The van der Waals surface area contributed by atoms with Gasteiger partial charge in [0.15, 0.2) is 6.10 Å². The molecule has 0 saturated carbocycles. The maximum atomic E-state index is 12.7. The van der Waals surface area contributed by atoms with Gasteiger partial charge in [0.05, 0.1) is 12.3 Å². The number of esters is 2. The summed E-state index contributed by atoms with van der Waals surface area (Å²) in [5.74, 6) is -0.821. The van der Waals surface area contributed by atoms with Crippen LogP contribution in [0.15, 0.2) is 60.7 Å². The van der Waals surface area contributed by atoms with Gasteiger partial charge in [-0.3, -0.25) is 9.59 Å². The fourth-order valence-corrected chi connectivity index (χ4v) is 2.81. The summed E-state index contributed by atoms with van der Waals surface area (Å²) < 4.78 is 17.1. The van der Waals surface area contributed by atoms with Crippen LogP contribution in [0.3, 0.4) is 0 Å². The van der Waals surface area contributed by atoms with E-state index in [0.717, 1.165) is 5.56 Å². The van der Waals surface area contributed by atoms with E-state index in [-0.39, 0.29) is 6.42 Å². The molecular weight excluding hydrogens is 368 g/mol. The Hall–Kier alpha value is -2.82. The number of hydrogen-bond donors (Lipinski definition) is 0. The molecule has 0 unspecified atom stereocenters. The first kappa shape index (κ1) is 22.5. The Morgan fingerprint density at radius 3 is 2.00 bits per heavy atom. The molecule has 0 aliphatic rings. The fourth-order valence-electron chi connectivity index (χ4n) is 2.81. The van der Waals surface area contributed by atoms with Crippen molar-refractivity contribution in [1.82, 2.24) is 0 Å². The molecule has 0 spiro atoms. The number of carbonyl (C=O) groups excluding carboxylic acids is 2. The van der Waals surface area contributed by atoms with Gasteiger partial charge in [-0.25, -0.2) is 0 Å². The van der Waals surface area contributed by atoms with Crippen LogP contribution >= 0.6 is 0 Å². The molecule has 0 radical (unpaired) electrons. The van der Waals surface area contributed by atoms with E-state index in [1.165, 1.54) is 0 Å². The number of rotatable bonds is 8. The number of carbonyl (C=O) groups is 2. The lowest BCUT2D eigenvalue weighted by atomic mass is 10.0. The minimum atomic E-state index is -0.625. The summed E-state index contributed by atoms with van der Waals surface area (Å²) >= 11 is 0. The molecule has 2 rings (SSSR count). The van der Waals surface area contributed by atoms with E-state index in [1.54, 1.807) is 27.7 Å². The monoisotopic (exact) mass is 398 g/mol. The van der Waals surface area contributed by atoms with E-state index >= 15 is 0 Å². The van der Waals surface area contributed by atoms with Gasteiger partial charge in [0.1, 0.15) is 17.5 Å². The average Bonchev–Trinajstić information content (AvgIpc) is 2.65. The van der Waals surface area contributed by atoms with Crippen LogP contribution in [0.4, 0.5) is 0 Å². The molecule has 2 aromatic carbocycles. The van der Waals surface area contributed by atoms with Crippen LogP contribution in [0.25, 0.3) is 0 Å². The molecule has 0 saturated heterocycles. The quantitative estimate of drug-likeness (QED) is 0.579. The number of ether oxygens (including phenoxy) is 3. The Labute approximate surface area is 173 Å². The zero-order valence-electron chi connectivity index (χ0n) is 17.8. The molecule has 0 aliphatic carbocycles. The van der Waals surface area contributed by atoms with Gasteiger partial charge in [0.25, 0.3) is 0 Å². The highest BCUT2D eigenvalue weighted by molar-refractivity contribution is 5.80. The molecule has 0 bridgehead atoms. The predicted octanol–water partition coefficient (Wildman–Crippen LogP) is 5.11. The maximum Gasteiger partial charge on any atom is 0.309 e. The summed E-state index contributed by atoms with van der Waals surface area (Å²) in [6.45, 7) is 8.90. The molecule has 5 nitrogen and oxygen atoms in total. The lowest BCUT2D eigenvalue weighted by Crippen LogP contribution is -2.30. The fraction of sp³-hybridized carbons (Fsp3) is 0.417. The standard InChI is InChI=1S/C24H30O5/c1-17(16-21(25)29-24(3,4)5)23(26)28-22(19-12-8-6-9-13-19)18(2)27-20-14-10-7-11-15-20/h6-15,17-18,22H,16H2,1-5H3/t17-,18+,22+/m1/s1. The van der Waals surface area contributed by atoms with Crippen LogP contribution < -0.4 is 4.74 Å². The number of hydrogen-bond acceptors (Lipinski definition) is 5. The largest absolute Gasteiger partial charge is 0.486 e. The van der Waals surface area contributed by atoms with Gasteiger partial charge in [-0.2, -0.15) is 0 Å². The van der Waals surface area contributed by atoms with Crippen molar-refractivity contribution in [2.24, 2.45) is 5.92 Å². The molecule has 2 aromatic rings. The zero-order chi connectivity index (χ0) is 21.4. The number of benzene rings is 2. The van der Waals surface area contributed by atoms with Crippen molar-refractivity contribution in [3.05, 3.63) is 66.2 Å². The van der Waals surface area contributed by atoms with Crippen molar-refractivity contribution in [3.8, 4) is 5.75 Å². The van der Waals surface area contributed by atoms with Gasteiger partial charge < -0.3 is 14.2 Å². The molecule has 0 amide bonds. The molecule has 0 aliphatic heterocycles. The van der Waals surface area contributed by atoms with Crippen molar-refractivity contribution >= 4 is 11.9 Å². The average molecular weight is 398 g/mol. The second kappa shape index (κ2) is 10.1. The first-order chi connectivity index (χ1) is 13.7. The molecule has 156 valence electrons. The molecule has 0 heterocycles. The highest BCUT2D eigenvalue weighted by Crippen LogP contribution is 2.27. The second-order valence-electron chi connectivity index (χ2n) is 8.10. The summed E-state index contributed by atoms with van der Waals surface area (Å²) in [4.78, 5) is 24.7. The Bertz CT molecular complexity index is 780. The third-order valence-electron chi connectivity index (χ3n) is 4.16. The van der Waals surface area contributed by atoms with Crippen molar-refractivity contribution < 1.29 is 23.8 Å². The minimum Gasteiger partial charge on any atom is -0.486 e. The Morgan fingerprint density at radius 1 is 0.897 bits per heavy atom. The predicted molar refractivity (Wildman–Crippen MR) is 111 cm³/mol. The molecule has 0 N–H and O–H groups in total. The maximum absolute atomic E-state index is 12.7. The molecular formula is C24H30O5. The third kappa shape index (κ3) is 7.60. The highest BCUT2D eigenvalue weighted by Gasteiger charge is 2.29. The lowest BCUT2D eigenvalue weighted by molar-refractivity contribution is -0.165. The second-order valence-corrected chi connectivity index (χ2v) is 8.10. The van der Waals surface area contributed by atoms with E-state index in [1.807, 2.05) is 67.6 Å². The van der Waals surface area contributed by atoms with E-state index in [2.05, 4.69) is 0 Å². The van der Waals surface area contributed by atoms with Gasteiger partial charge in [-0.15, -0.1) is 0 Å².